The van der Waals surface area contributed by atoms with Crippen LogP contribution in [0, 0.1) is 0 Å². The van der Waals surface area contributed by atoms with Gasteiger partial charge in [0.2, 0.25) is 5.78 Å². The molecule has 0 aromatic heterocycles. The highest BCUT2D eigenvalue weighted by Crippen LogP contribution is 2.08. The van der Waals surface area contributed by atoms with Gasteiger partial charge < -0.3 is 30.6 Å². The highest BCUT2D eigenvalue weighted by atomic mass is 16.4. The lowest BCUT2D eigenvalue weighted by atomic mass is 9.99. The predicted molar refractivity (Wildman–Crippen MR) is 48.4 cm³/mol. The van der Waals surface area contributed by atoms with E-state index >= 15 is 0 Å². The Morgan fingerprint density at radius 3 is 1.75 bits per heavy atom. The lowest BCUT2D eigenvalue weighted by molar-refractivity contribution is -0.153. The molecule has 0 aliphatic carbocycles. The monoisotopic (exact) mass is 238 g/mol. The summed E-state index contributed by atoms with van der Waals surface area (Å²) in [7, 11) is 0. The van der Waals surface area contributed by atoms with Crippen LogP contribution in [0.3, 0.4) is 0 Å². The summed E-state index contributed by atoms with van der Waals surface area (Å²) >= 11 is 0. The number of carboxylic acids is 1. The van der Waals surface area contributed by atoms with Crippen molar-refractivity contribution < 1.29 is 40.2 Å². The topological polar surface area (TPSA) is 156 Å². The Morgan fingerprint density at radius 1 is 0.938 bits per heavy atom. The molecule has 0 aliphatic rings. The van der Waals surface area contributed by atoms with Crippen LogP contribution in [0.1, 0.15) is 6.42 Å². The molecule has 6 N–H and O–H groups in total. The number of rotatable bonds is 7. The fourth-order valence-electron chi connectivity index (χ4n) is 0.961. The minimum absolute atomic E-state index is 0.849. The summed E-state index contributed by atoms with van der Waals surface area (Å²) in [5.41, 5.74) is 0. The molecule has 0 heterocycles. The summed E-state index contributed by atoms with van der Waals surface area (Å²) < 4.78 is 0. The lowest BCUT2D eigenvalue weighted by Gasteiger charge is -2.24. The molecule has 0 bridgehead atoms. The van der Waals surface area contributed by atoms with Crippen LogP contribution in [0.25, 0.3) is 0 Å². The van der Waals surface area contributed by atoms with Crippen LogP contribution in [0.2, 0.25) is 0 Å². The Bertz CT molecular complexity index is 252. The molecule has 0 aliphatic heterocycles. The van der Waals surface area contributed by atoms with Crippen molar-refractivity contribution in [2.45, 2.75) is 30.8 Å². The Morgan fingerprint density at radius 2 is 1.38 bits per heavy atom. The molecule has 0 spiro atoms. The largest absolute Gasteiger partial charge is 0.475 e. The molecule has 0 rings (SSSR count). The molecule has 0 aromatic carbocycles. The third-order valence-corrected chi connectivity index (χ3v) is 1.96. The molecule has 0 saturated carbocycles. The zero-order valence-corrected chi connectivity index (χ0v) is 8.22. The van der Waals surface area contributed by atoms with Gasteiger partial charge in [0.1, 0.15) is 18.3 Å². The van der Waals surface area contributed by atoms with Crippen LogP contribution in [-0.2, 0) is 9.59 Å². The quantitative estimate of drug-likeness (QED) is 0.249. The smallest absolute Gasteiger partial charge is 0.372 e. The van der Waals surface area contributed by atoms with Crippen molar-refractivity contribution in [3.05, 3.63) is 0 Å². The summed E-state index contributed by atoms with van der Waals surface area (Å²) in [5, 5.41) is 53.1. The van der Waals surface area contributed by atoms with Gasteiger partial charge in [0, 0.05) is 6.42 Å². The third kappa shape index (κ3) is 4.21. The van der Waals surface area contributed by atoms with Gasteiger partial charge in [0.15, 0.2) is 0 Å². The van der Waals surface area contributed by atoms with Crippen molar-refractivity contribution in [1.29, 1.82) is 0 Å². The minimum atomic E-state index is -1.93. The van der Waals surface area contributed by atoms with Crippen molar-refractivity contribution in [2.24, 2.45) is 0 Å². The number of hydrogen-bond donors (Lipinski definition) is 6. The van der Waals surface area contributed by atoms with E-state index in [1.54, 1.807) is 0 Å². The van der Waals surface area contributed by atoms with Gasteiger partial charge in [-0.2, -0.15) is 0 Å². The maximum absolute atomic E-state index is 10.7. The summed E-state index contributed by atoms with van der Waals surface area (Å²) in [6, 6.07) is 0. The van der Waals surface area contributed by atoms with Crippen LogP contribution in [0.4, 0.5) is 0 Å². The molecule has 16 heavy (non-hydrogen) atoms. The van der Waals surface area contributed by atoms with E-state index in [0.29, 0.717) is 0 Å². The molecule has 8 heteroatoms. The SMILES string of the molecule is O=C(O)C(=O)CC(O)[C@@H](O)[C@H](O)[C@H](O)CO. The van der Waals surface area contributed by atoms with E-state index in [-0.39, 0.29) is 0 Å². The molecule has 0 fully saturated rings. The number of ketones is 1. The van der Waals surface area contributed by atoms with E-state index in [2.05, 4.69) is 0 Å². The van der Waals surface area contributed by atoms with E-state index in [4.69, 9.17) is 25.5 Å². The van der Waals surface area contributed by atoms with Crippen molar-refractivity contribution >= 4 is 11.8 Å². The summed E-state index contributed by atoms with van der Waals surface area (Å²) in [6.45, 7) is -0.849. The Balaban J connectivity index is 4.32. The van der Waals surface area contributed by atoms with Gasteiger partial charge in [0.05, 0.1) is 12.7 Å². The van der Waals surface area contributed by atoms with Crippen LogP contribution in [0.15, 0.2) is 0 Å². The van der Waals surface area contributed by atoms with Crippen molar-refractivity contribution in [3.63, 3.8) is 0 Å². The first-order valence-corrected chi connectivity index (χ1v) is 4.40. The first-order valence-electron chi connectivity index (χ1n) is 4.40. The Kier molecular flexibility index (Phi) is 6.08. The third-order valence-electron chi connectivity index (χ3n) is 1.96. The van der Waals surface area contributed by atoms with Crippen LogP contribution in [-0.4, -0.2) is 73.4 Å². The minimum Gasteiger partial charge on any atom is -0.475 e. The number of hydrogen-bond acceptors (Lipinski definition) is 7. The van der Waals surface area contributed by atoms with Crippen molar-refractivity contribution in [1.82, 2.24) is 0 Å². The van der Waals surface area contributed by atoms with Crippen LogP contribution < -0.4 is 0 Å². The lowest BCUT2D eigenvalue weighted by Crippen LogP contribution is -2.46. The van der Waals surface area contributed by atoms with Gasteiger partial charge in [-0.15, -0.1) is 0 Å². The zero-order chi connectivity index (χ0) is 12.9. The van der Waals surface area contributed by atoms with E-state index in [1.165, 1.54) is 0 Å². The maximum atomic E-state index is 10.7. The summed E-state index contributed by atoms with van der Waals surface area (Å²) in [4.78, 5) is 20.8. The fourth-order valence-corrected chi connectivity index (χ4v) is 0.961. The normalized spacial score (nSPS) is 18.6. The first kappa shape index (κ1) is 14.9. The predicted octanol–water partition coefficient (Wildman–Crippen LogP) is -3.53. The first-order chi connectivity index (χ1) is 7.31. The second-order valence-corrected chi connectivity index (χ2v) is 3.23. The molecule has 0 saturated heterocycles. The van der Waals surface area contributed by atoms with Gasteiger partial charge >= 0.3 is 5.97 Å². The highest BCUT2D eigenvalue weighted by molar-refractivity contribution is 6.32. The van der Waals surface area contributed by atoms with E-state index in [9.17, 15) is 14.7 Å². The molecule has 8 nitrogen and oxygen atoms in total. The highest BCUT2D eigenvalue weighted by Gasteiger charge is 2.32. The van der Waals surface area contributed by atoms with Gasteiger partial charge in [-0.3, -0.25) is 4.79 Å². The second kappa shape index (κ2) is 6.51. The number of carboxylic acid groups (broad SMARTS) is 1. The number of aliphatic hydroxyl groups excluding tert-OH is 5. The number of Topliss-reactive ketones (excluding diaryl/α,β-unsaturated/α-hetero) is 1. The second-order valence-electron chi connectivity index (χ2n) is 3.23. The van der Waals surface area contributed by atoms with Crippen LogP contribution in [0.5, 0.6) is 0 Å². The molecule has 1 unspecified atom stereocenters. The Labute approximate surface area is 90.4 Å². The van der Waals surface area contributed by atoms with E-state index < -0.39 is 49.2 Å². The number of carbonyl (C=O) groups is 2. The van der Waals surface area contributed by atoms with E-state index in [1.807, 2.05) is 0 Å². The fraction of sp³-hybridized carbons (Fsp3) is 0.750. The molecular weight excluding hydrogens is 224 g/mol. The van der Waals surface area contributed by atoms with Gasteiger partial charge in [-0.1, -0.05) is 0 Å². The average molecular weight is 238 g/mol. The number of carbonyl (C=O) groups excluding carboxylic acids is 1. The molecular formula is C8H14O8. The summed E-state index contributed by atoms with van der Waals surface area (Å²) in [5.74, 6) is -3.11. The maximum Gasteiger partial charge on any atom is 0.372 e. The standard InChI is InChI=1S/C8H14O8/c9-2-5(12)7(14)6(13)3(10)1-4(11)8(15)16/h3,5-7,9-10,12-14H,1-2H2,(H,15,16)/t3?,5-,6-,7-/m1/s1. The van der Waals surface area contributed by atoms with Gasteiger partial charge in [-0.25, -0.2) is 4.79 Å². The average Bonchev–Trinajstić information content (AvgIpc) is 2.25. The number of aliphatic hydroxyl groups is 5. The summed E-state index contributed by atoms with van der Waals surface area (Å²) in [6.07, 6.45) is -8.22. The zero-order valence-electron chi connectivity index (χ0n) is 8.22. The van der Waals surface area contributed by atoms with E-state index in [0.717, 1.165) is 0 Å². The molecule has 4 atom stereocenters. The van der Waals surface area contributed by atoms with Crippen molar-refractivity contribution in [3.8, 4) is 0 Å². The van der Waals surface area contributed by atoms with Crippen molar-refractivity contribution in [2.75, 3.05) is 6.61 Å². The molecule has 94 valence electrons. The van der Waals surface area contributed by atoms with Gasteiger partial charge in [-0.05, 0) is 0 Å². The number of aliphatic carboxylic acids is 1. The molecule has 0 amide bonds. The van der Waals surface area contributed by atoms with Crippen LogP contribution >= 0.6 is 0 Å². The molecule has 0 aromatic rings. The Hall–Kier alpha value is -1.06. The molecule has 0 radical (unpaired) electrons. The van der Waals surface area contributed by atoms with Gasteiger partial charge in [0.25, 0.3) is 0 Å².